The lowest BCUT2D eigenvalue weighted by molar-refractivity contribution is 0.446. The molecule has 0 heterocycles. The Morgan fingerprint density at radius 1 is 1.23 bits per heavy atom. The largest absolute Gasteiger partial charge is 0.498 e. The molecule has 1 atom stereocenters. The number of unbranched alkanes of at least 4 members (excludes halogenated alkanes) is 3. The van der Waals surface area contributed by atoms with Crippen molar-refractivity contribution in [3.63, 3.8) is 0 Å². The van der Waals surface area contributed by atoms with Crippen molar-refractivity contribution in [3.8, 4) is 0 Å². The summed E-state index contributed by atoms with van der Waals surface area (Å²) in [7, 11) is 0. The summed E-state index contributed by atoms with van der Waals surface area (Å²) >= 11 is 16.8. The lowest BCUT2D eigenvalue weighted by Crippen LogP contribution is -2.00. The molecule has 0 saturated heterocycles. The number of rotatable bonds is 6. The van der Waals surface area contributed by atoms with Gasteiger partial charge in [0.05, 0.1) is 10.4 Å². The number of hydrogen-bond acceptors (Lipinski definition) is 1. The minimum atomic E-state index is -0.392. The SMILES string of the molecule is CCCCCCC(Cl)C(Cl)=C(O)Cl. The molecule has 1 N–H and O–H groups in total. The van der Waals surface area contributed by atoms with Crippen molar-refractivity contribution < 1.29 is 5.11 Å². The van der Waals surface area contributed by atoms with Gasteiger partial charge in [-0.2, -0.15) is 0 Å². The second kappa shape index (κ2) is 7.78. The highest BCUT2D eigenvalue weighted by Gasteiger charge is 2.12. The van der Waals surface area contributed by atoms with E-state index >= 15 is 0 Å². The van der Waals surface area contributed by atoms with Crippen LogP contribution in [0.25, 0.3) is 0 Å². The Morgan fingerprint density at radius 2 is 1.85 bits per heavy atom. The van der Waals surface area contributed by atoms with E-state index in [1.54, 1.807) is 0 Å². The van der Waals surface area contributed by atoms with Crippen LogP contribution in [0.2, 0.25) is 0 Å². The Hall–Kier alpha value is 0.410. The van der Waals surface area contributed by atoms with Crippen LogP contribution in [-0.2, 0) is 0 Å². The van der Waals surface area contributed by atoms with Gasteiger partial charge in [-0.3, -0.25) is 0 Å². The van der Waals surface area contributed by atoms with Gasteiger partial charge in [0.2, 0.25) is 5.22 Å². The van der Waals surface area contributed by atoms with E-state index < -0.39 is 5.22 Å². The first kappa shape index (κ1) is 13.4. The lowest BCUT2D eigenvalue weighted by atomic mass is 10.1. The molecule has 13 heavy (non-hydrogen) atoms. The molecule has 0 aliphatic carbocycles. The van der Waals surface area contributed by atoms with Crippen molar-refractivity contribution in [2.45, 2.75) is 44.4 Å². The maximum atomic E-state index is 8.82. The van der Waals surface area contributed by atoms with Crippen molar-refractivity contribution in [2.24, 2.45) is 0 Å². The van der Waals surface area contributed by atoms with Crippen LogP contribution in [0.5, 0.6) is 0 Å². The number of aliphatic hydroxyl groups is 1. The van der Waals surface area contributed by atoms with Crippen LogP contribution in [0.15, 0.2) is 10.3 Å². The molecular formula is C9H15Cl3O. The van der Waals surface area contributed by atoms with Crippen molar-refractivity contribution in [2.75, 3.05) is 0 Å². The molecule has 1 nitrogen and oxygen atoms in total. The fourth-order valence-electron chi connectivity index (χ4n) is 1.01. The van der Waals surface area contributed by atoms with Crippen LogP contribution < -0.4 is 0 Å². The predicted molar refractivity (Wildman–Crippen MR) is 59.8 cm³/mol. The molecule has 0 radical (unpaired) electrons. The zero-order valence-corrected chi connectivity index (χ0v) is 9.96. The third-order valence-electron chi connectivity index (χ3n) is 1.78. The summed E-state index contributed by atoms with van der Waals surface area (Å²) in [5.74, 6) is 0. The van der Waals surface area contributed by atoms with Crippen molar-refractivity contribution in [1.82, 2.24) is 0 Å². The smallest absolute Gasteiger partial charge is 0.200 e. The molecule has 0 aliphatic rings. The monoisotopic (exact) mass is 244 g/mol. The van der Waals surface area contributed by atoms with E-state index in [1.165, 1.54) is 12.8 Å². The average Bonchev–Trinajstić information content (AvgIpc) is 2.10. The molecule has 0 aromatic heterocycles. The van der Waals surface area contributed by atoms with E-state index in [1.807, 2.05) is 0 Å². The van der Waals surface area contributed by atoms with Crippen molar-refractivity contribution in [1.29, 1.82) is 0 Å². The molecular weight excluding hydrogens is 230 g/mol. The summed E-state index contributed by atoms with van der Waals surface area (Å²) in [4.78, 5) is 0. The molecule has 0 aromatic rings. The predicted octanol–water partition coefficient (Wildman–Crippen LogP) is 4.77. The molecule has 0 aliphatic heterocycles. The Kier molecular flexibility index (Phi) is 8.03. The number of alkyl halides is 1. The summed E-state index contributed by atoms with van der Waals surface area (Å²) in [5, 5.41) is 8.23. The summed E-state index contributed by atoms with van der Waals surface area (Å²) in [6.45, 7) is 2.15. The van der Waals surface area contributed by atoms with Gasteiger partial charge in [0.15, 0.2) is 0 Å². The van der Waals surface area contributed by atoms with Gasteiger partial charge in [0, 0.05) is 0 Å². The molecule has 0 saturated carbocycles. The van der Waals surface area contributed by atoms with Crippen LogP contribution in [0.1, 0.15) is 39.0 Å². The maximum absolute atomic E-state index is 8.82. The van der Waals surface area contributed by atoms with Crippen LogP contribution in [0.4, 0.5) is 0 Å². The number of hydrogen-bond donors (Lipinski definition) is 1. The molecule has 0 fully saturated rings. The number of aliphatic hydroxyl groups excluding tert-OH is 1. The van der Waals surface area contributed by atoms with Crippen LogP contribution in [-0.4, -0.2) is 10.5 Å². The first-order chi connectivity index (χ1) is 6.09. The topological polar surface area (TPSA) is 20.2 Å². The second-order valence-electron chi connectivity index (χ2n) is 2.96. The normalized spacial score (nSPS) is 15.4. The zero-order chi connectivity index (χ0) is 10.3. The fraction of sp³-hybridized carbons (Fsp3) is 0.778. The van der Waals surface area contributed by atoms with Gasteiger partial charge >= 0.3 is 0 Å². The van der Waals surface area contributed by atoms with E-state index in [4.69, 9.17) is 39.9 Å². The van der Waals surface area contributed by atoms with Gasteiger partial charge in [0.1, 0.15) is 0 Å². The Balaban J connectivity index is 3.63. The molecule has 78 valence electrons. The lowest BCUT2D eigenvalue weighted by Gasteiger charge is -2.07. The Morgan fingerprint density at radius 3 is 2.31 bits per heavy atom. The minimum absolute atomic E-state index is 0.153. The first-order valence-corrected chi connectivity index (χ1v) is 5.67. The maximum Gasteiger partial charge on any atom is 0.200 e. The highest BCUT2D eigenvalue weighted by atomic mass is 35.5. The van der Waals surface area contributed by atoms with Crippen LogP contribution in [0, 0.1) is 0 Å². The molecule has 4 heteroatoms. The molecule has 0 spiro atoms. The molecule has 0 aromatic carbocycles. The zero-order valence-electron chi connectivity index (χ0n) is 7.69. The van der Waals surface area contributed by atoms with E-state index in [9.17, 15) is 0 Å². The summed E-state index contributed by atoms with van der Waals surface area (Å²) in [6, 6.07) is 0. The summed E-state index contributed by atoms with van der Waals surface area (Å²) < 4.78 is 0. The standard InChI is InChI=1S/C9H15Cl3O/c1-2-3-4-5-6-7(10)8(11)9(12)13/h7,13H,2-6H2,1H3. The van der Waals surface area contributed by atoms with E-state index in [0.717, 1.165) is 19.3 Å². The third kappa shape index (κ3) is 6.48. The molecule has 0 amide bonds. The Labute approximate surface area is 94.7 Å². The van der Waals surface area contributed by atoms with Crippen LogP contribution in [0.3, 0.4) is 0 Å². The second-order valence-corrected chi connectivity index (χ2v) is 4.25. The molecule has 0 bridgehead atoms. The Bertz CT molecular complexity index is 164. The number of allylic oxidation sites excluding steroid dienone is 1. The highest BCUT2D eigenvalue weighted by molar-refractivity contribution is 6.42. The molecule has 0 rings (SSSR count). The third-order valence-corrected chi connectivity index (χ3v) is 3.07. The summed E-state index contributed by atoms with van der Waals surface area (Å²) in [5.41, 5.74) is 0. The van der Waals surface area contributed by atoms with Crippen LogP contribution >= 0.6 is 34.8 Å². The van der Waals surface area contributed by atoms with Crippen molar-refractivity contribution in [3.05, 3.63) is 10.3 Å². The van der Waals surface area contributed by atoms with E-state index in [0.29, 0.717) is 0 Å². The number of halogens is 3. The van der Waals surface area contributed by atoms with Crippen molar-refractivity contribution >= 4 is 34.8 Å². The van der Waals surface area contributed by atoms with Gasteiger partial charge in [-0.15, -0.1) is 11.6 Å². The van der Waals surface area contributed by atoms with Gasteiger partial charge in [0.25, 0.3) is 0 Å². The fourth-order valence-corrected chi connectivity index (χ4v) is 1.56. The van der Waals surface area contributed by atoms with Gasteiger partial charge in [-0.25, -0.2) is 0 Å². The van der Waals surface area contributed by atoms with Gasteiger partial charge in [-0.05, 0) is 18.0 Å². The van der Waals surface area contributed by atoms with Gasteiger partial charge < -0.3 is 5.11 Å². The molecule has 1 unspecified atom stereocenters. The average molecular weight is 246 g/mol. The first-order valence-electron chi connectivity index (χ1n) is 4.47. The van der Waals surface area contributed by atoms with E-state index in [2.05, 4.69) is 6.92 Å². The quantitative estimate of drug-likeness (QED) is 0.406. The van der Waals surface area contributed by atoms with E-state index in [-0.39, 0.29) is 10.4 Å². The highest BCUT2D eigenvalue weighted by Crippen LogP contribution is 2.24. The summed E-state index contributed by atoms with van der Waals surface area (Å²) in [6.07, 6.45) is 5.32. The minimum Gasteiger partial charge on any atom is -0.498 e. The van der Waals surface area contributed by atoms with Gasteiger partial charge in [-0.1, -0.05) is 44.2 Å².